The molecule has 3 heterocycles. The second-order valence-corrected chi connectivity index (χ2v) is 4.93. The zero-order valence-electron chi connectivity index (χ0n) is 11.1. The minimum atomic E-state index is 0.402. The Labute approximate surface area is 117 Å². The molecule has 2 aromatic heterocycles. The Morgan fingerprint density at radius 1 is 1.25 bits per heavy atom. The number of hydrogen-bond donors (Lipinski definition) is 0. The van der Waals surface area contributed by atoms with Crippen molar-refractivity contribution in [3.05, 3.63) is 48.2 Å². The summed E-state index contributed by atoms with van der Waals surface area (Å²) in [5.74, 6) is 1.28. The zero-order chi connectivity index (χ0) is 13.8. The van der Waals surface area contributed by atoms with Crippen LogP contribution in [-0.4, -0.2) is 28.0 Å². The Hall–Kier alpha value is -2.48. The SMILES string of the molecule is N#Cc1ccnc(N2CCCC(c3ccncn3)C2)c1. The highest BCUT2D eigenvalue weighted by Gasteiger charge is 2.23. The molecule has 0 amide bonds. The molecule has 0 N–H and O–H groups in total. The van der Waals surface area contributed by atoms with Crippen LogP contribution in [0.25, 0.3) is 0 Å². The van der Waals surface area contributed by atoms with Gasteiger partial charge < -0.3 is 4.90 Å². The van der Waals surface area contributed by atoms with Crippen molar-refractivity contribution in [2.75, 3.05) is 18.0 Å². The van der Waals surface area contributed by atoms with Gasteiger partial charge >= 0.3 is 0 Å². The van der Waals surface area contributed by atoms with Crippen molar-refractivity contribution in [2.45, 2.75) is 18.8 Å². The number of aromatic nitrogens is 3. The Kier molecular flexibility index (Phi) is 3.55. The van der Waals surface area contributed by atoms with Crippen molar-refractivity contribution in [1.82, 2.24) is 15.0 Å². The van der Waals surface area contributed by atoms with Crippen molar-refractivity contribution in [2.24, 2.45) is 0 Å². The van der Waals surface area contributed by atoms with Crippen LogP contribution in [0.4, 0.5) is 5.82 Å². The van der Waals surface area contributed by atoms with Crippen LogP contribution in [0.15, 0.2) is 36.9 Å². The molecular formula is C15H15N5. The third kappa shape index (κ3) is 2.59. The maximum Gasteiger partial charge on any atom is 0.129 e. The molecule has 1 aliphatic rings. The molecule has 5 nitrogen and oxygen atoms in total. The van der Waals surface area contributed by atoms with Crippen LogP contribution < -0.4 is 4.90 Å². The van der Waals surface area contributed by atoms with Crippen molar-refractivity contribution >= 4 is 5.82 Å². The van der Waals surface area contributed by atoms with Crippen LogP contribution in [0.3, 0.4) is 0 Å². The lowest BCUT2D eigenvalue weighted by molar-refractivity contribution is 0.498. The average molecular weight is 265 g/mol. The molecule has 0 radical (unpaired) electrons. The minimum Gasteiger partial charge on any atom is -0.356 e. The van der Waals surface area contributed by atoms with E-state index in [9.17, 15) is 0 Å². The summed E-state index contributed by atoms with van der Waals surface area (Å²) >= 11 is 0. The molecule has 0 spiro atoms. The van der Waals surface area contributed by atoms with Crippen molar-refractivity contribution in [3.8, 4) is 6.07 Å². The number of rotatable bonds is 2. The number of piperidine rings is 1. The van der Waals surface area contributed by atoms with E-state index in [0.29, 0.717) is 11.5 Å². The van der Waals surface area contributed by atoms with Gasteiger partial charge in [-0.25, -0.2) is 15.0 Å². The Balaban J connectivity index is 1.80. The maximum atomic E-state index is 8.98. The monoisotopic (exact) mass is 265 g/mol. The van der Waals surface area contributed by atoms with Crippen molar-refractivity contribution < 1.29 is 0 Å². The van der Waals surface area contributed by atoms with Crippen LogP contribution in [0.5, 0.6) is 0 Å². The first-order chi connectivity index (χ1) is 9.86. The molecular weight excluding hydrogens is 250 g/mol. The van der Waals surface area contributed by atoms with Crippen LogP contribution in [-0.2, 0) is 0 Å². The number of anilines is 1. The first-order valence-electron chi connectivity index (χ1n) is 6.74. The molecule has 0 bridgehead atoms. The van der Waals surface area contributed by atoms with Gasteiger partial charge in [-0.05, 0) is 31.0 Å². The number of nitrogens with zero attached hydrogens (tertiary/aromatic N) is 5. The van der Waals surface area contributed by atoms with E-state index in [-0.39, 0.29) is 0 Å². The van der Waals surface area contributed by atoms with Gasteiger partial charge in [-0.1, -0.05) is 0 Å². The highest BCUT2D eigenvalue weighted by atomic mass is 15.2. The summed E-state index contributed by atoms with van der Waals surface area (Å²) in [6, 6.07) is 7.72. The van der Waals surface area contributed by atoms with Crippen LogP contribution >= 0.6 is 0 Å². The molecule has 0 aliphatic carbocycles. The molecule has 100 valence electrons. The lowest BCUT2D eigenvalue weighted by atomic mass is 9.94. The van der Waals surface area contributed by atoms with Crippen molar-refractivity contribution in [1.29, 1.82) is 5.26 Å². The quantitative estimate of drug-likeness (QED) is 0.832. The Morgan fingerprint density at radius 3 is 3.00 bits per heavy atom. The fourth-order valence-electron chi connectivity index (χ4n) is 2.63. The van der Waals surface area contributed by atoms with Gasteiger partial charge in [0.05, 0.1) is 11.6 Å². The second-order valence-electron chi connectivity index (χ2n) is 4.93. The lowest BCUT2D eigenvalue weighted by Gasteiger charge is -2.33. The molecule has 0 saturated carbocycles. The van der Waals surface area contributed by atoms with E-state index in [2.05, 4.69) is 25.9 Å². The van der Waals surface area contributed by atoms with Crippen molar-refractivity contribution in [3.63, 3.8) is 0 Å². The highest BCUT2D eigenvalue weighted by molar-refractivity contribution is 5.45. The molecule has 0 aromatic carbocycles. The third-order valence-corrected chi connectivity index (χ3v) is 3.64. The fourth-order valence-corrected chi connectivity index (χ4v) is 2.63. The van der Waals surface area contributed by atoms with E-state index in [0.717, 1.165) is 37.4 Å². The van der Waals surface area contributed by atoms with Gasteiger partial charge in [0.25, 0.3) is 0 Å². The summed E-state index contributed by atoms with van der Waals surface area (Å²) < 4.78 is 0. The smallest absolute Gasteiger partial charge is 0.129 e. The third-order valence-electron chi connectivity index (χ3n) is 3.64. The summed E-state index contributed by atoms with van der Waals surface area (Å²) in [6.07, 6.45) is 7.32. The van der Waals surface area contributed by atoms with E-state index < -0.39 is 0 Å². The minimum absolute atomic E-state index is 0.402. The van der Waals surface area contributed by atoms with Gasteiger partial charge in [0.1, 0.15) is 12.1 Å². The average Bonchev–Trinajstić information content (AvgIpc) is 2.56. The van der Waals surface area contributed by atoms with Crippen LogP contribution in [0, 0.1) is 11.3 Å². The first-order valence-corrected chi connectivity index (χ1v) is 6.74. The highest BCUT2D eigenvalue weighted by Crippen LogP contribution is 2.27. The molecule has 1 fully saturated rings. The normalized spacial score (nSPS) is 18.6. The van der Waals surface area contributed by atoms with Gasteiger partial charge in [-0.2, -0.15) is 5.26 Å². The summed E-state index contributed by atoms with van der Waals surface area (Å²) in [6.45, 7) is 1.86. The molecule has 3 rings (SSSR count). The number of nitriles is 1. The molecule has 5 heteroatoms. The molecule has 20 heavy (non-hydrogen) atoms. The topological polar surface area (TPSA) is 65.7 Å². The van der Waals surface area contributed by atoms with E-state index >= 15 is 0 Å². The molecule has 1 aliphatic heterocycles. The van der Waals surface area contributed by atoms with E-state index in [4.69, 9.17) is 5.26 Å². The summed E-state index contributed by atoms with van der Waals surface area (Å²) in [5, 5.41) is 8.98. The Morgan fingerprint density at radius 2 is 2.20 bits per heavy atom. The van der Waals surface area contributed by atoms with Crippen LogP contribution in [0.2, 0.25) is 0 Å². The molecule has 1 saturated heterocycles. The first kappa shape index (κ1) is 12.5. The number of hydrogen-bond acceptors (Lipinski definition) is 5. The van der Waals surface area contributed by atoms with Gasteiger partial charge in [0.15, 0.2) is 0 Å². The standard InChI is InChI=1S/C15H15N5/c16-9-12-3-6-18-15(8-12)20-7-1-2-13(10-20)14-4-5-17-11-19-14/h3-6,8,11,13H,1-2,7,10H2. The largest absolute Gasteiger partial charge is 0.356 e. The van der Waals surface area contributed by atoms with Gasteiger partial charge in [-0.15, -0.1) is 0 Å². The van der Waals surface area contributed by atoms with Gasteiger partial charge in [-0.3, -0.25) is 0 Å². The summed E-state index contributed by atoms with van der Waals surface area (Å²) in [7, 11) is 0. The van der Waals surface area contributed by atoms with Gasteiger partial charge in [0, 0.05) is 37.1 Å². The predicted octanol–water partition coefficient (Wildman–Crippen LogP) is 2.13. The van der Waals surface area contributed by atoms with E-state index in [1.807, 2.05) is 12.1 Å². The lowest BCUT2D eigenvalue weighted by Crippen LogP contribution is -2.35. The molecule has 2 aromatic rings. The zero-order valence-corrected chi connectivity index (χ0v) is 11.1. The van der Waals surface area contributed by atoms with E-state index in [1.54, 1.807) is 24.8 Å². The molecule has 1 atom stereocenters. The fraction of sp³-hybridized carbons (Fsp3) is 0.333. The number of pyridine rings is 1. The maximum absolute atomic E-state index is 8.98. The summed E-state index contributed by atoms with van der Waals surface area (Å²) in [5.41, 5.74) is 1.74. The molecule has 1 unspecified atom stereocenters. The van der Waals surface area contributed by atoms with Gasteiger partial charge in [0.2, 0.25) is 0 Å². The Bertz CT molecular complexity index is 620. The summed E-state index contributed by atoms with van der Waals surface area (Å²) in [4.78, 5) is 14.9. The predicted molar refractivity (Wildman–Crippen MR) is 75.2 cm³/mol. The second kappa shape index (κ2) is 5.66. The van der Waals surface area contributed by atoms with Crippen LogP contribution in [0.1, 0.15) is 30.0 Å². The van der Waals surface area contributed by atoms with E-state index in [1.165, 1.54) is 0 Å².